The van der Waals surface area contributed by atoms with Crippen LogP contribution in [0.1, 0.15) is 0 Å². The Hall–Kier alpha value is -2.13. The smallest absolute Gasteiger partial charge is 0.261 e. The van der Waals surface area contributed by atoms with E-state index in [0.29, 0.717) is 17.2 Å². The van der Waals surface area contributed by atoms with E-state index in [-0.39, 0.29) is 28.3 Å². The van der Waals surface area contributed by atoms with Crippen LogP contribution in [0.4, 0.5) is 27.5 Å². The van der Waals surface area contributed by atoms with Crippen LogP contribution in [0.2, 0.25) is 5.02 Å². The molecule has 3 rings (SSSR count). The minimum Gasteiger partial charge on any atom is -0.340 e. The number of benzene rings is 2. The molecular formula is C16H12Cl3FN4O2S. The number of aromatic nitrogens is 2. The molecule has 0 saturated heterocycles. The first-order valence-corrected chi connectivity index (χ1v) is 9.87. The molecule has 0 fully saturated rings. The molecule has 0 aliphatic rings. The standard InChI is InChI=1S/C16H11Cl2FN4O2S.ClH/c17-13-9-11(3-6-14(13)19)21-15-7-8-20-16(23-15)22-10-1-4-12(5-2-10)26(18,24)25;/h1-9H,(H2,20,21,22,23);1H. The molecule has 11 heteroatoms. The van der Waals surface area contributed by atoms with E-state index in [1.54, 1.807) is 18.2 Å². The van der Waals surface area contributed by atoms with Crippen LogP contribution in [0.25, 0.3) is 0 Å². The Bertz CT molecular complexity index is 1050. The lowest BCUT2D eigenvalue weighted by molar-refractivity contribution is 0.609. The van der Waals surface area contributed by atoms with Crippen LogP contribution in [0, 0.1) is 5.82 Å². The predicted octanol–water partition coefficient (Wildman–Crippen LogP) is 5.11. The Morgan fingerprint density at radius 3 is 2.26 bits per heavy atom. The fourth-order valence-electron chi connectivity index (χ4n) is 2.04. The molecule has 0 amide bonds. The van der Waals surface area contributed by atoms with Crippen molar-refractivity contribution in [2.45, 2.75) is 4.90 Å². The third kappa shape index (κ3) is 5.67. The highest BCUT2D eigenvalue weighted by Gasteiger charge is 2.09. The first-order valence-electron chi connectivity index (χ1n) is 7.18. The minimum absolute atomic E-state index is 0. The van der Waals surface area contributed by atoms with Crippen LogP contribution < -0.4 is 10.6 Å². The van der Waals surface area contributed by atoms with Crippen LogP contribution >= 0.6 is 34.7 Å². The van der Waals surface area contributed by atoms with E-state index in [1.165, 1.54) is 36.5 Å². The second-order valence-electron chi connectivity index (χ2n) is 5.11. The van der Waals surface area contributed by atoms with Gasteiger partial charge in [-0.25, -0.2) is 17.8 Å². The second kappa shape index (κ2) is 8.71. The summed E-state index contributed by atoms with van der Waals surface area (Å²) in [6, 6.07) is 11.7. The molecule has 0 aliphatic heterocycles. The lowest BCUT2D eigenvalue weighted by Gasteiger charge is -2.09. The Labute approximate surface area is 170 Å². The molecule has 27 heavy (non-hydrogen) atoms. The van der Waals surface area contributed by atoms with Crippen molar-refractivity contribution in [2.75, 3.05) is 10.6 Å². The highest BCUT2D eigenvalue weighted by Crippen LogP contribution is 2.23. The Morgan fingerprint density at radius 1 is 0.963 bits per heavy atom. The van der Waals surface area contributed by atoms with Crippen LogP contribution in [-0.4, -0.2) is 18.4 Å². The summed E-state index contributed by atoms with van der Waals surface area (Å²) >= 11 is 5.75. The Balaban J connectivity index is 0.00000261. The maximum Gasteiger partial charge on any atom is 0.261 e. The van der Waals surface area contributed by atoms with E-state index in [9.17, 15) is 12.8 Å². The summed E-state index contributed by atoms with van der Waals surface area (Å²) in [6.07, 6.45) is 1.53. The number of hydrogen-bond donors (Lipinski definition) is 2. The van der Waals surface area contributed by atoms with Gasteiger partial charge >= 0.3 is 0 Å². The maximum absolute atomic E-state index is 13.2. The summed E-state index contributed by atoms with van der Waals surface area (Å²) < 4.78 is 35.7. The summed E-state index contributed by atoms with van der Waals surface area (Å²) in [7, 11) is 1.50. The van der Waals surface area contributed by atoms with E-state index in [4.69, 9.17) is 22.3 Å². The second-order valence-corrected chi connectivity index (χ2v) is 8.08. The number of nitrogens with zero attached hydrogens (tertiary/aromatic N) is 2. The quantitative estimate of drug-likeness (QED) is 0.527. The zero-order valence-electron chi connectivity index (χ0n) is 13.4. The zero-order valence-corrected chi connectivity index (χ0v) is 16.5. The Kier molecular flexibility index (Phi) is 6.83. The van der Waals surface area contributed by atoms with Gasteiger partial charge in [-0.05, 0) is 48.5 Å². The average Bonchev–Trinajstić information content (AvgIpc) is 2.58. The molecule has 0 bridgehead atoms. The zero-order chi connectivity index (χ0) is 18.7. The minimum atomic E-state index is -3.77. The fraction of sp³-hybridized carbons (Fsp3) is 0. The molecule has 3 aromatic rings. The lowest BCUT2D eigenvalue weighted by atomic mass is 10.3. The lowest BCUT2D eigenvalue weighted by Crippen LogP contribution is -2.00. The Morgan fingerprint density at radius 2 is 1.63 bits per heavy atom. The molecule has 1 aromatic heterocycles. The van der Waals surface area contributed by atoms with Crippen molar-refractivity contribution in [1.29, 1.82) is 0 Å². The molecule has 1 heterocycles. The summed E-state index contributed by atoms with van der Waals surface area (Å²) in [5.41, 5.74) is 1.15. The fourth-order valence-corrected chi connectivity index (χ4v) is 2.99. The third-order valence-corrected chi connectivity index (χ3v) is 4.90. The molecule has 0 unspecified atom stereocenters. The molecule has 0 spiro atoms. The van der Waals surface area contributed by atoms with Crippen molar-refractivity contribution < 1.29 is 12.8 Å². The summed E-state index contributed by atoms with van der Waals surface area (Å²) in [5.74, 6) is 0.236. The van der Waals surface area contributed by atoms with Gasteiger partial charge in [0.15, 0.2) is 0 Å². The van der Waals surface area contributed by atoms with Gasteiger partial charge in [-0.3, -0.25) is 0 Å². The predicted molar refractivity (Wildman–Crippen MR) is 107 cm³/mol. The van der Waals surface area contributed by atoms with Gasteiger partial charge in [-0.1, -0.05) is 11.6 Å². The molecule has 2 N–H and O–H groups in total. The van der Waals surface area contributed by atoms with Crippen molar-refractivity contribution in [2.24, 2.45) is 0 Å². The van der Waals surface area contributed by atoms with E-state index >= 15 is 0 Å². The van der Waals surface area contributed by atoms with Gasteiger partial charge in [0, 0.05) is 28.3 Å². The maximum atomic E-state index is 13.2. The van der Waals surface area contributed by atoms with Crippen molar-refractivity contribution >= 4 is 66.9 Å². The molecule has 0 radical (unpaired) electrons. The molecule has 0 aliphatic carbocycles. The topological polar surface area (TPSA) is 84.0 Å². The monoisotopic (exact) mass is 448 g/mol. The SMILES string of the molecule is Cl.O=S(=O)(Cl)c1ccc(Nc2nccc(Nc3ccc(F)c(Cl)c3)n2)cc1. The van der Waals surface area contributed by atoms with E-state index in [1.807, 2.05) is 0 Å². The van der Waals surface area contributed by atoms with Crippen LogP contribution in [-0.2, 0) is 9.05 Å². The number of rotatable bonds is 5. The van der Waals surface area contributed by atoms with Gasteiger partial charge in [0.1, 0.15) is 11.6 Å². The van der Waals surface area contributed by atoms with Gasteiger partial charge < -0.3 is 10.6 Å². The third-order valence-electron chi connectivity index (χ3n) is 3.24. The van der Waals surface area contributed by atoms with Crippen molar-refractivity contribution in [3.8, 4) is 0 Å². The molecule has 0 saturated carbocycles. The summed E-state index contributed by atoms with van der Waals surface area (Å²) in [5, 5.41) is 5.93. The van der Waals surface area contributed by atoms with Gasteiger partial charge in [0.2, 0.25) is 5.95 Å². The normalized spacial score (nSPS) is 10.8. The highest BCUT2D eigenvalue weighted by molar-refractivity contribution is 8.13. The van der Waals surface area contributed by atoms with E-state index in [0.717, 1.165) is 0 Å². The van der Waals surface area contributed by atoms with Crippen LogP contribution in [0.15, 0.2) is 59.6 Å². The summed E-state index contributed by atoms with van der Waals surface area (Å²) in [6.45, 7) is 0. The molecular weight excluding hydrogens is 438 g/mol. The van der Waals surface area contributed by atoms with Crippen LogP contribution in [0.3, 0.4) is 0 Å². The van der Waals surface area contributed by atoms with Crippen molar-refractivity contribution in [3.63, 3.8) is 0 Å². The van der Waals surface area contributed by atoms with Gasteiger partial charge in [-0.15, -0.1) is 12.4 Å². The van der Waals surface area contributed by atoms with Crippen molar-refractivity contribution in [3.05, 3.63) is 65.6 Å². The number of hydrogen-bond acceptors (Lipinski definition) is 6. The van der Waals surface area contributed by atoms with Gasteiger partial charge in [-0.2, -0.15) is 4.98 Å². The molecule has 2 aromatic carbocycles. The number of nitrogens with one attached hydrogen (secondary N) is 2. The first kappa shape index (κ1) is 21.2. The molecule has 6 nitrogen and oxygen atoms in total. The number of anilines is 4. The van der Waals surface area contributed by atoms with E-state index in [2.05, 4.69) is 20.6 Å². The molecule has 142 valence electrons. The van der Waals surface area contributed by atoms with E-state index < -0.39 is 14.9 Å². The van der Waals surface area contributed by atoms with Crippen LogP contribution in [0.5, 0.6) is 0 Å². The average molecular weight is 450 g/mol. The highest BCUT2D eigenvalue weighted by atomic mass is 35.7. The molecule has 0 atom stereocenters. The summed E-state index contributed by atoms with van der Waals surface area (Å²) in [4.78, 5) is 8.35. The largest absolute Gasteiger partial charge is 0.340 e. The van der Waals surface area contributed by atoms with Gasteiger partial charge in [0.05, 0.1) is 9.92 Å². The number of halogens is 4. The van der Waals surface area contributed by atoms with Crippen molar-refractivity contribution in [1.82, 2.24) is 9.97 Å². The van der Waals surface area contributed by atoms with Gasteiger partial charge in [0.25, 0.3) is 9.05 Å². The first-order chi connectivity index (χ1) is 12.3.